The molecule has 1 aliphatic carbocycles. The standard InChI is InChI=1S/C22H34N2O10/c1-13(25)33-9-5-3-7-23-19(27)15-11-17(21(29)30)18(22(31)32)12-16(15)20(28)24-8-4-6-10-34-14(2)26/h15-18H,3-12H2,1-2H3,(H,23,27)(H,24,28)(H,29,30)(H,31,32). The second-order valence-electron chi connectivity index (χ2n) is 8.25. The van der Waals surface area contributed by atoms with Gasteiger partial charge < -0.3 is 30.3 Å². The Morgan fingerprint density at radius 3 is 1.29 bits per heavy atom. The van der Waals surface area contributed by atoms with Gasteiger partial charge in [-0.2, -0.15) is 0 Å². The van der Waals surface area contributed by atoms with Crippen molar-refractivity contribution in [1.29, 1.82) is 0 Å². The van der Waals surface area contributed by atoms with Gasteiger partial charge >= 0.3 is 23.9 Å². The molecule has 0 aliphatic heterocycles. The van der Waals surface area contributed by atoms with Gasteiger partial charge in [0.05, 0.1) is 36.9 Å². The molecule has 4 atom stereocenters. The zero-order valence-corrected chi connectivity index (χ0v) is 19.5. The summed E-state index contributed by atoms with van der Waals surface area (Å²) < 4.78 is 9.62. The first-order valence-corrected chi connectivity index (χ1v) is 11.3. The molecule has 0 saturated heterocycles. The van der Waals surface area contributed by atoms with Crippen LogP contribution in [0.2, 0.25) is 0 Å². The maximum Gasteiger partial charge on any atom is 0.307 e. The molecule has 4 unspecified atom stereocenters. The predicted octanol–water partition coefficient (Wildman–Crippen LogP) is 0.333. The summed E-state index contributed by atoms with van der Waals surface area (Å²) in [6, 6.07) is 0. The molecule has 0 aromatic rings. The van der Waals surface area contributed by atoms with Crippen LogP contribution in [0.25, 0.3) is 0 Å². The molecule has 1 aliphatic rings. The molecule has 2 amide bonds. The second kappa shape index (κ2) is 14.9. The number of carboxylic acid groups (broad SMARTS) is 2. The molecule has 12 heteroatoms. The number of rotatable bonds is 14. The number of aliphatic carboxylic acids is 2. The minimum atomic E-state index is -1.32. The Hall–Kier alpha value is -3.18. The van der Waals surface area contributed by atoms with Crippen molar-refractivity contribution in [2.75, 3.05) is 26.3 Å². The van der Waals surface area contributed by atoms with E-state index in [0.29, 0.717) is 25.7 Å². The molecule has 0 aromatic carbocycles. The van der Waals surface area contributed by atoms with E-state index in [1.807, 2.05) is 0 Å². The van der Waals surface area contributed by atoms with Crippen molar-refractivity contribution in [3.63, 3.8) is 0 Å². The first-order chi connectivity index (χ1) is 16.0. The van der Waals surface area contributed by atoms with Crippen LogP contribution in [-0.2, 0) is 38.2 Å². The Morgan fingerprint density at radius 1 is 0.647 bits per heavy atom. The van der Waals surface area contributed by atoms with Gasteiger partial charge in [-0.05, 0) is 38.5 Å². The fourth-order valence-corrected chi connectivity index (χ4v) is 3.90. The molecule has 0 heterocycles. The van der Waals surface area contributed by atoms with Gasteiger partial charge in [0.2, 0.25) is 11.8 Å². The van der Waals surface area contributed by atoms with Crippen LogP contribution in [0.15, 0.2) is 0 Å². The molecular weight excluding hydrogens is 452 g/mol. The number of amides is 2. The van der Waals surface area contributed by atoms with Crippen molar-refractivity contribution in [3.8, 4) is 0 Å². The van der Waals surface area contributed by atoms with Gasteiger partial charge in [0.25, 0.3) is 0 Å². The lowest BCUT2D eigenvalue weighted by Gasteiger charge is -2.36. The molecular formula is C22H34N2O10. The fraction of sp³-hybridized carbons (Fsp3) is 0.727. The highest BCUT2D eigenvalue weighted by Crippen LogP contribution is 2.39. The lowest BCUT2D eigenvalue weighted by Crippen LogP contribution is -2.50. The minimum absolute atomic E-state index is 0.207. The van der Waals surface area contributed by atoms with E-state index < -0.39 is 59.4 Å². The predicted molar refractivity (Wildman–Crippen MR) is 116 cm³/mol. The Bertz CT molecular complexity index is 692. The molecule has 34 heavy (non-hydrogen) atoms. The monoisotopic (exact) mass is 486 g/mol. The van der Waals surface area contributed by atoms with E-state index in [2.05, 4.69) is 10.6 Å². The van der Waals surface area contributed by atoms with E-state index in [1.165, 1.54) is 13.8 Å². The van der Waals surface area contributed by atoms with Crippen LogP contribution >= 0.6 is 0 Å². The van der Waals surface area contributed by atoms with Crippen molar-refractivity contribution < 1.29 is 48.5 Å². The molecule has 1 saturated carbocycles. The zero-order valence-electron chi connectivity index (χ0n) is 19.5. The first kappa shape index (κ1) is 28.9. The van der Waals surface area contributed by atoms with Crippen molar-refractivity contribution in [2.45, 2.75) is 52.4 Å². The summed E-state index contributed by atoms with van der Waals surface area (Å²) in [4.78, 5) is 70.5. The highest BCUT2D eigenvalue weighted by Gasteiger charge is 2.48. The molecule has 1 fully saturated rings. The van der Waals surface area contributed by atoms with E-state index >= 15 is 0 Å². The Balaban J connectivity index is 2.74. The van der Waals surface area contributed by atoms with E-state index in [4.69, 9.17) is 9.47 Å². The quantitative estimate of drug-likeness (QED) is 0.197. The summed E-state index contributed by atoms with van der Waals surface area (Å²) in [7, 11) is 0. The number of carbonyl (C=O) groups is 6. The maximum atomic E-state index is 12.8. The van der Waals surface area contributed by atoms with E-state index in [0.717, 1.165) is 0 Å². The van der Waals surface area contributed by atoms with E-state index in [1.54, 1.807) is 0 Å². The van der Waals surface area contributed by atoms with Gasteiger partial charge in [0, 0.05) is 26.9 Å². The summed E-state index contributed by atoms with van der Waals surface area (Å²) in [5, 5.41) is 24.3. The number of carbonyl (C=O) groups excluding carboxylic acids is 4. The van der Waals surface area contributed by atoms with Crippen LogP contribution in [-0.4, -0.2) is 72.2 Å². The van der Waals surface area contributed by atoms with Gasteiger partial charge in [0.1, 0.15) is 0 Å². The van der Waals surface area contributed by atoms with Gasteiger partial charge in [0.15, 0.2) is 0 Å². The lowest BCUT2D eigenvalue weighted by atomic mass is 9.67. The lowest BCUT2D eigenvalue weighted by molar-refractivity contribution is -0.161. The first-order valence-electron chi connectivity index (χ1n) is 11.3. The summed E-state index contributed by atoms with van der Waals surface area (Å²) in [5.74, 6) is -9.05. The Kier molecular flexibility index (Phi) is 12.6. The fourth-order valence-electron chi connectivity index (χ4n) is 3.90. The highest BCUT2D eigenvalue weighted by atomic mass is 16.5. The number of esters is 2. The number of ether oxygens (including phenoxy) is 2. The average Bonchev–Trinajstić information content (AvgIpc) is 2.76. The van der Waals surface area contributed by atoms with Crippen LogP contribution in [0.3, 0.4) is 0 Å². The van der Waals surface area contributed by atoms with Crippen molar-refractivity contribution in [1.82, 2.24) is 10.6 Å². The number of hydrogen-bond donors (Lipinski definition) is 4. The molecule has 4 N–H and O–H groups in total. The summed E-state index contributed by atoms with van der Waals surface area (Å²) in [5.41, 5.74) is 0. The molecule has 0 bridgehead atoms. The normalized spacial score (nSPS) is 21.7. The van der Waals surface area contributed by atoms with Crippen LogP contribution < -0.4 is 10.6 Å². The molecule has 0 radical (unpaired) electrons. The Labute approximate surface area is 197 Å². The summed E-state index contributed by atoms with van der Waals surface area (Å²) in [6.45, 7) is 3.47. The number of hydrogen-bond acceptors (Lipinski definition) is 8. The van der Waals surface area contributed by atoms with Gasteiger partial charge in [-0.25, -0.2) is 0 Å². The zero-order chi connectivity index (χ0) is 25.7. The molecule has 192 valence electrons. The van der Waals surface area contributed by atoms with Gasteiger partial charge in [-0.3, -0.25) is 28.8 Å². The SMILES string of the molecule is CC(=O)OCCCCNC(=O)C1CC(C(=O)O)C(C(=O)O)CC1C(=O)NCCCCOC(C)=O. The molecule has 0 aromatic heterocycles. The molecule has 0 spiro atoms. The third kappa shape index (κ3) is 10.2. The van der Waals surface area contributed by atoms with Crippen LogP contribution in [0.1, 0.15) is 52.4 Å². The number of unbranched alkanes of at least 4 members (excludes halogenated alkanes) is 2. The van der Waals surface area contributed by atoms with Crippen molar-refractivity contribution in [2.24, 2.45) is 23.7 Å². The van der Waals surface area contributed by atoms with E-state index in [9.17, 15) is 39.0 Å². The average molecular weight is 487 g/mol. The van der Waals surface area contributed by atoms with Crippen LogP contribution in [0, 0.1) is 23.7 Å². The van der Waals surface area contributed by atoms with Crippen molar-refractivity contribution in [3.05, 3.63) is 0 Å². The second-order valence-corrected chi connectivity index (χ2v) is 8.25. The number of nitrogens with one attached hydrogen (secondary N) is 2. The summed E-state index contributed by atoms with van der Waals surface area (Å²) in [6.07, 6.45) is 1.50. The minimum Gasteiger partial charge on any atom is -0.481 e. The maximum absolute atomic E-state index is 12.8. The third-order valence-corrected chi connectivity index (χ3v) is 5.65. The van der Waals surface area contributed by atoms with Crippen LogP contribution in [0.4, 0.5) is 0 Å². The smallest absolute Gasteiger partial charge is 0.307 e. The Morgan fingerprint density at radius 2 is 1.00 bits per heavy atom. The topological polar surface area (TPSA) is 185 Å². The van der Waals surface area contributed by atoms with Crippen molar-refractivity contribution >= 4 is 35.7 Å². The molecule has 1 rings (SSSR count). The third-order valence-electron chi connectivity index (χ3n) is 5.65. The highest BCUT2D eigenvalue weighted by molar-refractivity contribution is 5.90. The van der Waals surface area contributed by atoms with Gasteiger partial charge in [-0.1, -0.05) is 0 Å². The number of carboxylic acids is 2. The van der Waals surface area contributed by atoms with Crippen LogP contribution in [0.5, 0.6) is 0 Å². The summed E-state index contributed by atoms with van der Waals surface area (Å²) >= 11 is 0. The van der Waals surface area contributed by atoms with E-state index in [-0.39, 0.29) is 39.1 Å². The van der Waals surface area contributed by atoms with Gasteiger partial charge in [-0.15, -0.1) is 0 Å². The molecule has 12 nitrogen and oxygen atoms in total. The largest absolute Gasteiger partial charge is 0.481 e.